The predicted octanol–water partition coefficient (Wildman–Crippen LogP) is 20.9. The molecule has 20 rings (SSSR count). The zero-order valence-corrected chi connectivity index (χ0v) is 56.5. The van der Waals surface area contributed by atoms with E-state index < -0.39 is 0 Å². The Balaban J connectivity index is 0.912. The molecule has 0 unspecified atom stereocenters. The number of hydrogen-bond donors (Lipinski definition) is 0. The van der Waals surface area contributed by atoms with E-state index in [1.807, 2.05) is 0 Å². The maximum atomic E-state index is 2.65. The summed E-state index contributed by atoms with van der Waals surface area (Å²) in [5, 5.41) is 0. The lowest BCUT2D eigenvalue weighted by Gasteiger charge is -2.48. The van der Waals surface area contributed by atoms with Gasteiger partial charge in [-0.3, -0.25) is 0 Å². The van der Waals surface area contributed by atoms with Crippen molar-refractivity contribution in [2.75, 3.05) is 34.3 Å². The summed E-state index contributed by atoms with van der Waals surface area (Å²) in [6.45, 7) is 4.29. The van der Waals surface area contributed by atoms with Crippen molar-refractivity contribution in [2.24, 2.45) is 0 Å². The van der Waals surface area contributed by atoms with E-state index in [2.05, 4.69) is 418 Å². The van der Waals surface area contributed by atoms with Gasteiger partial charge in [0.2, 0.25) is 0 Å². The van der Waals surface area contributed by atoms with Crippen molar-refractivity contribution in [3.8, 4) is 0 Å². The summed E-state index contributed by atoms with van der Waals surface area (Å²) in [5.41, 5.74) is 32.8. The fraction of sp³-hybridized carbons (Fsp3) is 0.0323. The average Bonchev–Trinajstić information content (AvgIpc) is 0.685. The third-order valence-electron chi connectivity index (χ3n) is 21.6. The van der Waals surface area contributed by atoms with Crippen LogP contribution in [0.25, 0.3) is 0 Å². The zero-order chi connectivity index (χ0) is 67.6. The molecule has 0 N–H and O–H groups in total. The van der Waals surface area contributed by atoms with Crippen molar-refractivity contribution in [3.63, 3.8) is 0 Å². The number of fused-ring (bicyclic) bond motifs is 10. The molecule has 102 heavy (non-hydrogen) atoms. The van der Waals surface area contributed by atoms with E-state index in [4.69, 9.17) is 0 Å². The first-order valence-corrected chi connectivity index (χ1v) is 35.4. The van der Waals surface area contributed by atoms with Gasteiger partial charge in [0, 0.05) is 102 Å². The van der Waals surface area contributed by atoms with Crippen LogP contribution in [0, 0.1) is 0 Å². The first kappa shape index (κ1) is 59.1. The number of nitrogens with zero attached hydrogens (tertiary/aromatic N) is 7. The molecule has 5 aliphatic rings. The summed E-state index contributed by atoms with van der Waals surface area (Å²) in [6.07, 6.45) is 0. The van der Waals surface area contributed by atoms with Crippen LogP contribution in [-0.2, 0) is 5.41 Å². The maximum absolute atomic E-state index is 2.65. The van der Waals surface area contributed by atoms with Crippen LogP contribution in [-0.4, -0.2) is 13.4 Å². The molecule has 0 atom stereocenters. The lowest BCUT2D eigenvalue weighted by Crippen LogP contribution is -2.65. The van der Waals surface area contributed by atoms with Gasteiger partial charge in [-0.05, 0) is 202 Å². The first-order valence-electron chi connectivity index (χ1n) is 35.4. The van der Waals surface area contributed by atoms with Crippen molar-refractivity contribution in [1.29, 1.82) is 0 Å². The molecule has 480 valence electrons. The number of anilines is 21. The highest BCUT2D eigenvalue weighted by Crippen LogP contribution is 2.56. The average molecular weight is 1300 g/mol. The van der Waals surface area contributed by atoms with Crippen LogP contribution >= 0.6 is 0 Å². The van der Waals surface area contributed by atoms with Gasteiger partial charge in [0.15, 0.2) is 0 Å². The third-order valence-corrected chi connectivity index (χ3v) is 21.6. The van der Waals surface area contributed by atoms with Gasteiger partial charge < -0.3 is 34.3 Å². The number of hydrogen-bond acceptors (Lipinski definition) is 7. The Morgan fingerprint density at radius 3 is 0.863 bits per heavy atom. The van der Waals surface area contributed by atoms with Crippen LogP contribution in [0.2, 0.25) is 0 Å². The van der Waals surface area contributed by atoms with Crippen LogP contribution in [0.5, 0.6) is 0 Å². The Morgan fingerprint density at radius 1 is 0.206 bits per heavy atom. The smallest absolute Gasteiger partial charge is 0.252 e. The Labute approximate surface area is 596 Å². The highest BCUT2D eigenvalue weighted by molar-refractivity contribution is 7.03. The predicted molar refractivity (Wildman–Crippen MR) is 431 cm³/mol. The standard InChI is InChI=1S/C93H67B2N7/c1-93(2)75-49-27-30-52-81(75)102(82-53-31-28-50-76(82)93)72-55-56-78-84(57-72)99(69-43-21-8-22-44-69)88-59-74(97(66-37-15-5-16-38-66)67-39-17-6-18-40-67)61-90-92(88)95(78)80-62-79-85(63-86(80)101(90)71-47-25-10-26-48-71)100(70-45-23-9-24-46-70)89-60-73(96(64-33-11-3-12-34-64)65-35-13-4-14-36-65)58-87-91(89)94(79)77-51-29-32-54-83(77)98(87)68-41-19-7-20-42-68/h3-63H,1-2H3. The normalized spacial score (nSPS) is 13.7. The molecule has 0 aliphatic carbocycles. The molecule has 0 radical (unpaired) electrons. The summed E-state index contributed by atoms with van der Waals surface area (Å²) < 4.78 is 0. The number of benzene rings is 15. The minimum atomic E-state index is -0.256. The van der Waals surface area contributed by atoms with E-state index in [9.17, 15) is 0 Å². The topological polar surface area (TPSA) is 22.7 Å². The summed E-state index contributed by atoms with van der Waals surface area (Å²) in [7, 11) is 0. The van der Waals surface area contributed by atoms with Gasteiger partial charge >= 0.3 is 0 Å². The fourth-order valence-corrected chi connectivity index (χ4v) is 17.4. The van der Waals surface area contributed by atoms with E-state index in [0.717, 1.165) is 108 Å². The Hall–Kier alpha value is -13.0. The van der Waals surface area contributed by atoms with Gasteiger partial charge in [-0.1, -0.05) is 226 Å². The van der Waals surface area contributed by atoms with Crippen molar-refractivity contribution >= 4 is 166 Å². The molecule has 5 aliphatic heterocycles. The second-order valence-electron chi connectivity index (χ2n) is 27.6. The molecule has 15 aromatic carbocycles. The van der Waals surface area contributed by atoms with Gasteiger partial charge in [0.25, 0.3) is 13.4 Å². The summed E-state index contributed by atoms with van der Waals surface area (Å²) in [6, 6.07) is 137. The van der Waals surface area contributed by atoms with E-state index in [-0.39, 0.29) is 18.8 Å². The van der Waals surface area contributed by atoms with Crippen molar-refractivity contribution < 1.29 is 0 Å². The SMILES string of the molecule is CC1(C)c2ccccc2N(c2ccc3c(c2)N(c2ccccc2)c2cc(N(c4ccccc4)c4ccccc4)cc4c2B3c2cc3c(cc2N4c2ccccc2)N(c2ccccc2)c2cc(N(c4ccccc4)c4ccccc4)cc4c2B3c2ccccc2N4c2ccccc2)c2ccccc21. The maximum Gasteiger partial charge on any atom is 0.252 e. The lowest BCUT2D eigenvalue weighted by molar-refractivity contribution is 0.632. The van der Waals surface area contributed by atoms with Crippen molar-refractivity contribution in [1.82, 2.24) is 0 Å². The second kappa shape index (κ2) is 23.6. The molecule has 15 aromatic rings. The van der Waals surface area contributed by atoms with Crippen LogP contribution in [0.4, 0.5) is 119 Å². The number of rotatable bonds is 11. The van der Waals surface area contributed by atoms with Crippen LogP contribution < -0.4 is 67.1 Å². The van der Waals surface area contributed by atoms with E-state index >= 15 is 0 Å². The van der Waals surface area contributed by atoms with Crippen molar-refractivity contribution in [2.45, 2.75) is 19.3 Å². The minimum Gasteiger partial charge on any atom is -0.311 e. The summed E-state index contributed by atoms with van der Waals surface area (Å²) in [4.78, 5) is 17.6. The quantitative estimate of drug-likeness (QED) is 0.119. The highest BCUT2D eigenvalue weighted by Gasteiger charge is 2.50. The van der Waals surface area contributed by atoms with E-state index in [1.54, 1.807) is 0 Å². The Kier molecular flexibility index (Phi) is 13.7. The van der Waals surface area contributed by atoms with Crippen LogP contribution in [0.15, 0.2) is 370 Å². The van der Waals surface area contributed by atoms with Crippen molar-refractivity contribution in [3.05, 3.63) is 381 Å². The molecule has 0 saturated carbocycles. The fourth-order valence-electron chi connectivity index (χ4n) is 17.4. The Bertz CT molecular complexity index is 5600. The minimum absolute atomic E-state index is 0.198. The summed E-state index contributed by atoms with van der Waals surface area (Å²) in [5.74, 6) is 0. The van der Waals surface area contributed by atoms with Gasteiger partial charge in [0.1, 0.15) is 0 Å². The summed E-state index contributed by atoms with van der Waals surface area (Å²) >= 11 is 0. The first-order chi connectivity index (χ1) is 50.4. The molecule has 0 aromatic heterocycles. The Morgan fingerprint density at radius 2 is 0.490 bits per heavy atom. The molecular weight excluding hydrogens is 1240 g/mol. The van der Waals surface area contributed by atoms with Gasteiger partial charge in [-0.2, -0.15) is 0 Å². The molecule has 0 bridgehead atoms. The molecule has 9 heteroatoms. The van der Waals surface area contributed by atoms with E-state index in [1.165, 1.54) is 55.3 Å². The molecule has 0 amide bonds. The van der Waals surface area contributed by atoms with Gasteiger partial charge in [-0.25, -0.2) is 0 Å². The van der Waals surface area contributed by atoms with Gasteiger partial charge in [0.05, 0.1) is 22.7 Å². The van der Waals surface area contributed by atoms with E-state index in [0.29, 0.717) is 0 Å². The molecule has 5 heterocycles. The second-order valence-corrected chi connectivity index (χ2v) is 27.6. The largest absolute Gasteiger partial charge is 0.311 e. The highest BCUT2D eigenvalue weighted by atomic mass is 15.2. The molecular formula is C93H67B2N7. The zero-order valence-electron chi connectivity index (χ0n) is 56.5. The molecule has 7 nitrogen and oxygen atoms in total. The third kappa shape index (κ3) is 9.17. The number of para-hydroxylation sites is 11. The molecule has 0 saturated heterocycles. The van der Waals surface area contributed by atoms with Crippen LogP contribution in [0.3, 0.4) is 0 Å². The molecule has 0 fully saturated rings. The van der Waals surface area contributed by atoms with Gasteiger partial charge in [-0.15, -0.1) is 0 Å². The molecule has 0 spiro atoms. The van der Waals surface area contributed by atoms with Crippen LogP contribution in [0.1, 0.15) is 25.0 Å². The lowest BCUT2D eigenvalue weighted by atomic mass is 9.30. The monoisotopic (exact) mass is 1300 g/mol.